The summed E-state index contributed by atoms with van der Waals surface area (Å²) in [5, 5.41) is 3.30. The van der Waals surface area contributed by atoms with E-state index in [0.717, 1.165) is 38.2 Å². The molecule has 2 rings (SSSR count). The van der Waals surface area contributed by atoms with E-state index in [1.165, 1.54) is 0 Å². The molecule has 0 spiro atoms. The van der Waals surface area contributed by atoms with Gasteiger partial charge in [-0.1, -0.05) is 44.2 Å². The molecule has 1 unspecified atom stereocenters. The Hall–Kier alpha value is -1.39. The second kappa shape index (κ2) is 7.41. The van der Waals surface area contributed by atoms with Crippen molar-refractivity contribution in [3.05, 3.63) is 35.9 Å². The molecule has 0 saturated carbocycles. The van der Waals surface area contributed by atoms with Crippen molar-refractivity contribution >= 4 is 5.91 Å². The Bertz CT molecular complexity index is 421. The Morgan fingerprint density at radius 3 is 2.65 bits per heavy atom. The van der Waals surface area contributed by atoms with Gasteiger partial charge >= 0.3 is 0 Å². The average molecular weight is 275 g/mol. The molecule has 1 aliphatic heterocycles. The van der Waals surface area contributed by atoms with Crippen LogP contribution < -0.4 is 5.32 Å². The van der Waals surface area contributed by atoms with Crippen molar-refractivity contribution in [2.75, 3.05) is 32.8 Å². The van der Waals surface area contributed by atoms with E-state index in [2.05, 4.69) is 24.1 Å². The van der Waals surface area contributed by atoms with Crippen molar-refractivity contribution in [1.82, 2.24) is 15.1 Å². The smallest absolute Gasteiger partial charge is 0.245 e. The minimum absolute atomic E-state index is 0.169. The maximum atomic E-state index is 12.4. The summed E-state index contributed by atoms with van der Waals surface area (Å²) < 4.78 is 0. The first kappa shape index (κ1) is 15.0. The standard InChI is InChI=1S/C16H25N3O/c1-3-10-18(4-2)11-12-19-13-17-15(16(19)20)14-8-6-5-7-9-14/h5-9,15,17H,3-4,10-13H2,1-2H3. The van der Waals surface area contributed by atoms with Gasteiger partial charge in [-0.25, -0.2) is 0 Å². The van der Waals surface area contributed by atoms with Crippen LogP contribution in [-0.4, -0.2) is 48.6 Å². The zero-order valence-electron chi connectivity index (χ0n) is 12.5. The van der Waals surface area contributed by atoms with Crippen LogP contribution >= 0.6 is 0 Å². The molecule has 0 radical (unpaired) electrons. The van der Waals surface area contributed by atoms with E-state index in [4.69, 9.17) is 0 Å². The fraction of sp³-hybridized carbons (Fsp3) is 0.562. The molecule has 110 valence electrons. The summed E-state index contributed by atoms with van der Waals surface area (Å²) in [6.07, 6.45) is 1.16. The van der Waals surface area contributed by atoms with Gasteiger partial charge in [-0.2, -0.15) is 0 Å². The summed E-state index contributed by atoms with van der Waals surface area (Å²) in [6.45, 7) is 8.94. The molecule has 1 N–H and O–H groups in total. The zero-order chi connectivity index (χ0) is 14.4. The van der Waals surface area contributed by atoms with E-state index in [0.29, 0.717) is 6.67 Å². The summed E-state index contributed by atoms with van der Waals surface area (Å²) in [5.74, 6) is 0.198. The molecular formula is C16H25N3O. The third kappa shape index (κ3) is 3.58. The number of carbonyl (C=O) groups is 1. The van der Waals surface area contributed by atoms with Gasteiger partial charge in [0, 0.05) is 13.1 Å². The van der Waals surface area contributed by atoms with Crippen LogP contribution in [-0.2, 0) is 4.79 Å². The van der Waals surface area contributed by atoms with Crippen molar-refractivity contribution in [2.24, 2.45) is 0 Å². The highest BCUT2D eigenvalue weighted by Crippen LogP contribution is 2.19. The number of nitrogens with one attached hydrogen (secondary N) is 1. The third-order valence-electron chi connectivity index (χ3n) is 3.85. The van der Waals surface area contributed by atoms with Gasteiger partial charge in [0.2, 0.25) is 5.91 Å². The van der Waals surface area contributed by atoms with Crippen LogP contribution in [0.25, 0.3) is 0 Å². The maximum Gasteiger partial charge on any atom is 0.245 e. The lowest BCUT2D eigenvalue weighted by Crippen LogP contribution is -2.37. The molecule has 1 aromatic rings. The van der Waals surface area contributed by atoms with E-state index in [9.17, 15) is 4.79 Å². The highest BCUT2D eigenvalue weighted by atomic mass is 16.2. The van der Waals surface area contributed by atoms with Crippen LogP contribution in [0.5, 0.6) is 0 Å². The Labute approximate surface area is 121 Å². The van der Waals surface area contributed by atoms with Crippen LogP contribution in [0, 0.1) is 0 Å². The molecule has 0 aliphatic carbocycles. The summed E-state index contributed by atoms with van der Waals surface area (Å²) in [5.41, 5.74) is 1.06. The molecule has 1 aliphatic rings. The zero-order valence-corrected chi connectivity index (χ0v) is 12.5. The number of hydrogen-bond donors (Lipinski definition) is 1. The first-order chi connectivity index (χ1) is 9.76. The quantitative estimate of drug-likeness (QED) is 0.825. The number of nitrogens with zero attached hydrogens (tertiary/aromatic N) is 2. The lowest BCUT2D eigenvalue weighted by Gasteiger charge is -2.23. The van der Waals surface area contributed by atoms with Gasteiger partial charge in [-0.15, -0.1) is 0 Å². The summed E-state index contributed by atoms with van der Waals surface area (Å²) >= 11 is 0. The van der Waals surface area contributed by atoms with Gasteiger partial charge in [0.1, 0.15) is 6.04 Å². The van der Waals surface area contributed by atoms with Gasteiger partial charge < -0.3 is 9.80 Å². The lowest BCUT2D eigenvalue weighted by atomic mass is 10.1. The van der Waals surface area contributed by atoms with Gasteiger partial charge in [0.15, 0.2) is 0 Å². The average Bonchev–Trinajstić information content (AvgIpc) is 2.85. The van der Waals surface area contributed by atoms with Crippen molar-refractivity contribution in [1.29, 1.82) is 0 Å². The molecule has 4 heteroatoms. The largest absolute Gasteiger partial charge is 0.327 e. The van der Waals surface area contributed by atoms with Gasteiger partial charge in [-0.05, 0) is 25.1 Å². The van der Waals surface area contributed by atoms with E-state index in [1.807, 2.05) is 35.2 Å². The molecule has 1 amide bonds. The summed E-state index contributed by atoms with van der Waals surface area (Å²) in [4.78, 5) is 16.7. The molecule has 1 heterocycles. The van der Waals surface area contributed by atoms with Crippen molar-refractivity contribution in [2.45, 2.75) is 26.3 Å². The number of rotatable bonds is 7. The Kier molecular flexibility index (Phi) is 5.56. The normalized spacial score (nSPS) is 19.1. The SMILES string of the molecule is CCCN(CC)CCN1CNC(c2ccccc2)C1=O. The van der Waals surface area contributed by atoms with Gasteiger partial charge in [0.05, 0.1) is 6.67 Å². The fourth-order valence-electron chi connectivity index (χ4n) is 2.65. The Morgan fingerprint density at radius 2 is 2.00 bits per heavy atom. The molecule has 1 aromatic carbocycles. The summed E-state index contributed by atoms with van der Waals surface area (Å²) in [7, 11) is 0. The molecule has 0 aromatic heterocycles. The first-order valence-corrected chi connectivity index (χ1v) is 7.55. The fourth-order valence-corrected chi connectivity index (χ4v) is 2.65. The predicted molar refractivity (Wildman–Crippen MR) is 81.3 cm³/mol. The third-order valence-corrected chi connectivity index (χ3v) is 3.85. The first-order valence-electron chi connectivity index (χ1n) is 7.55. The molecule has 0 bridgehead atoms. The number of carbonyl (C=O) groups excluding carboxylic acids is 1. The number of amides is 1. The van der Waals surface area contributed by atoms with Crippen LogP contribution in [0.1, 0.15) is 31.9 Å². The second-order valence-corrected chi connectivity index (χ2v) is 5.24. The van der Waals surface area contributed by atoms with E-state index < -0.39 is 0 Å². The van der Waals surface area contributed by atoms with Gasteiger partial charge in [0.25, 0.3) is 0 Å². The monoisotopic (exact) mass is 275 g/mol. The minimum atomic E-state index is -0.169. The predicted octanol–water partition coefficient (Wildman–Crippen LogP) is 1.85. The van der Waals surface area contributed by atoms with Gasteiger partial charge in [-0.3, -0.25) is 10.1 Å². The highest BCUT2D eigenvalue weighted by molar-refractivity contribution is 5.85. The molecule has 20 heavy (non-hydrogen) atoms. The Morgan fingerprint density at radius 1 is 1.25 bits per heavy atom. The number of benzene rings is 1. The van der Waals surface area contributed by atoms with Crippen molar-refractivity contribution in [3.63, 3.8) is 0 Å². The van der Waals surface area contributed by atoms with Crippen LogP contribution in [0.4, 0.5) is 0 Å². The van der Waals surface area contributed by atoms with Crippen LogP contribution in [0.15, 0.2) is 30.3 Å². The Balaban J connectivity index is 1.88. The van der Waals surface area contributed by atoms with E-state index in [-0.39, 0.29) is 11.9 Å². The highest BCUT2D eigenvalue weighted by Gasteiger charge is 2.31. The van der Waals surface area contributed by atoms with E-state index in [1.54, 1.807) is 0 Å². The topological polar surface area (TPSA) is 35.6 Å². The lowest BCUT2D eigenvalue weighted by molar-refractivity contribution is -0.129. The summed E-state index contributed by atoms with van der Waals surface area (Å²) in [6, 6.07) is 9.78. The van der Waals surface area contributed by atoms with Crippen LogP contribution in [0.3, 0.4) is 0 Å². The van der Waals surface area contributed by atoms with Crippen LogP contribution in [0.2, 0.25) is 0 Å². The minimum Gasteiger partial charge on any atom is -0.327 e. The maximum absolute atomic E-state index is 12.4. The molecule has 1 fully saturated rings. The van der Waals surface area contributed by atoms with Crippen molar-refractivity contribution < 1.29 is 4.79 Å². The van der Waals surface area contributed by atoms with E-state index >= 15 is 0 Å². The molecule has 1 saturated heterocycles. The molecule has 1 atom stereocenters. The number of likely N-dealkylation sites (N-methyl/N-ethyl adjacent to an activating group) is 1. The molecule has 4 nitrogen and oxygen atoms in total. The second-order valence-electron chi connectivity index (χ2n) is 5.24. The van der Waals surface area contributed by atoms with Crippen molar-refractivity contribution in [3.8, 4) is 0 Å². The molecular weight excluding hydrogens is 250 g/mol. The number of hydrogen-bond acceptors (Lipinski definition) is 3.